The predicted molar refractivity (Wildman–Crippen MR) is 112 cm³/mol. The van der Waals surface area contributed by atoms with Gasteiger partial charge in [-0.05, 0) is 34.7 Å². The second-order valence-corrected chi connectivity index (χ2v) is 8.85. The summed E-state index contributed by atoms with van der Waals surface area (Å²) in [5.74, 6) is -2.80. The second-order valence-electron chi connectivity index (χ2n) is 8.44. The fourth-order valence-corrected chi connectivity index (χ4v) is 3.42. The minimum absolute atomic E-state index is 0.0896. The molecule has 2 aromatic rings. The highest BCUT2D eigenvalue weighted by atomic mass is 35.5. The van der Waals surface area contributed by atoms with Gasteiger partial charge in [0.15, 0.2) is 0 Å². The van der Waals surface area contributed by atoms with E-state index < -0.39 is 36.2 Å². The number of rotatable bonds is 4. The molecular weight excluding hydrogens is 447 g/mol. The van der Waals surface area contributed by atoms with Gasteiger partial charge in [0.25, 0.3) is 17.5 Å². The number of carbonyl (C=O) groups is 3. The summed E-state index contributed by atoms with van der Waals surface area (Å²) in [5.41, 5.74) is -2.76. The number of halogens is 4. The molecular formula is C22H21ClF3N3O3. The van der Waals surface area contributed by atoms with Crippen LogP contribution < -0.4 is 10.6 Å². The summed E-state index contributed by atoms with van der Waals surface area (Å²) in [4.78, 5) is 38.2. The number of nitrogens with one attached hydrogen (secondary N) is 2. The van der Waals surface area contributed by atoms with Crippen LogP contribution in [0.5, 0.6) is 0 Å². The first-order valence-electron chi connectivity index (χ1n) is 9.63. The molecule has 2 aromatic carbocycles. The van der Waals surface area contributed by atoms with Gasteiger partial charge in [0, 0.05) is 10.6 Å². The van der Waals surface area contributed by atoms with E-state index in [2.05, 4.69) is 0 Å². The number of carbonyl (C=O) groups excluding carboxylic acids is 3. The number of benzene rings is 2. The Morgan fingerprint density at radius 3 is 2.19 bits per heavy atom. The van der Waals surface area contributed by atoms with Gasteiger partial charge in [-0.2, -0.15) is 13.2 Å². The normalized spacial score (nSPS) is 19.2. The molecule has 1 unspecified atom stereocenters. The Balaban J connectivity index is 1.90. The van der Waals surface area contributed by atoms with Gasteiger partial charge in [-0.15, -0.1) is 0 Å². The van der Waals surface area contributed by atoms with Crippen LogP contribution in [-0.2, 0) is 16.8 Å². The van der Waals surface area contributed by atoms with Crippen molar-refractivity contribution in [1.29, 1.82) is 0 Å². The summed E-state index contributed by atoms with van der Waals surface area (Å²) >= 11 is 6.01. The van der Waals surface area contributed by atoms with E-state index >= 15 is 0 Å². The smallest absolute Gasteiger partial charge is 0.314 e. The van der Waals surface area contributed by atoms with E-state index in [1.807, 2.05) is 20.8 Å². The fourth-order valence-electron chi connectivity index (χ4n) is 3.23. The van der Waals surface area contributed by atoms with Gasteiger partial charge in [-0.1, -0.05) is 62.7 Å². The van der Waals surface area contributed by atoms with Crippen LogP contribution in [0, 0.1) is 0 Å². The number of nitrogens with zero attached hydrogens (tertiary/aromatic N) is 1. The Kier molecular flexibility index (Phi) is 5.99. The van der Waals surface area contributed by atoms with Gasteiger partial charge >= 0.3 is 12.2 Å². The lowest BCUT2D eigenvalue weighted by Crippen LogP contribution is -2.69. The van der Waals surface area contributed by atoms with Crippen molar-refractivity contribution in [1.82, 2.24) is 15.5 Å². The Labute approximate surface area is 187 Å². The maximum absolute atomic E-state index is 14.0. The third-order valence-corrected chi connectivity index (χ3v) is 5.50. The first-order valence-corrected chi connectivity index (χ1v) is 10.0. The molecule has 10 heteroatoms. The quantitative estimate of drug-likeness (QED) is 0.655. The zero-order valence-corrected chi connectivity index (χ0v) is 18.3. The number of imide groups is 1. The topological polar surface area (TPSA) is 78.5 Å². The molecule has 1 heterocycles. The highest BCUT2D eigenvalue weighted by Crippen LogP contribution is 2.35. The molecule has 1 aliphatic heterocycles. The zero-order valence-electron chi connectivity index (χ0n) is 17.5. The third kappa shape index (κ3) is 4.29. The number of urea groups is 1. The summed E-state index contributed by atoms with van der Waals surface area (Å²) in [7, 11) is 0. The van der Waals surface area contributed by atoms with Crippen LogP contribution >= 0.6 is 11.6 Å². The van der Waals surface area contributed by atoms with Gasteiger partial charge in [0.2, 0.25) is 0 Å². The Hall–Kier alpha value is -3.07. The summed E-state index contributed by atoms with van der Waals surface area (Å²) in [6, 6.07) is 10.8. The molecule has 32 heavy (non-hydrogen) atoms. The second kappa shape index (κ2) is 8.12. The van der Waals surface area contributed by atoms with Crippen molar-refractivity contribution in [2.24, 2.45) is 0 Å². The average molecular weight is 468 g/mol. The first-order chi connectivity index (χ1) is 14.8. The molecule has 6 nitrogen and oxygen atoms in total. The van der Waals surface area contributed by atoms with E-state index in [0.717, 1.165) is 5.56 Å². The van der Waals surface area contributed by atoms with Crippen LogP contribution in [0.1, 0.15) is 42.3 Å². The van der Waals surface area contributed by atoms with E-state index in [9.17, 15) is 27.6 Å². The SMILES string of the molecule is CC(C)(C)c1ccc(C(=O)NC2(C(F)(F)F)NC(=O)N(Cc3ccccc3Cl)C2=O)cc1. The molecule has 4 amide bonds. The molecule has 1 saturated heterocycles. The van der Waals surface area contributed by atoms with Crippen molar-refractivity contribution in [2.75, 3.05) is 0 Å². The van der Waals surface area contributed by atoms with Crippen molar-refractivity contribution in [3.05, 3.63) is 70.2 Å². The molecule has 0 spiro atoms. The largest absolute Gasteiger partial charge is 0.440 e. The number of amides is 4. The molecule has 170 valence electrons. The molecule has 0 aliphatic carbocycles. The lowest BCUT2D eigenvalue weighted by molar-refractivity contribution is -0.200. The minimum Gasteiger partial charge on any atom is -0.314 e. The molecule has 0 bridgehead atoms. The van der Waals surface area contributed by atoms with Crippen LogP contribution in [-0.4, -0.2) is 34.6 Å². The summed E-state index contributed by atoms with van der Waals surface area (Å²) in [6.07, 6.45) is -5.30. The highest BCUT2D eigenvalue weighted by Gasteiger charge is 2.68. The van der Waals surface area contributed by atoms with E-state index in [-0.39, 0.29) is 21.6 Å². The number of hydrogen-bond donors (Lipinski definition) is 2. The third-order valence-electron chi connectivity index (χ3n) is 5.13. The van der Waals surface area contributed by atoms with Crippen molar-refractivity contribution >= 4 is 29.4 Å². The molecule has 1 aliphatic rings. The van der Waals surface area contributed by atoms with Crippen LogP contribution in [0.25, 0.3) is 0 Å². The van der Waals surface area contributed by atoms with E-state index in [1.54, 1.807) is 34.9 Å². The monoisotopic (exact) mass is 467 g/mol. The number of hydrogen-bond acceptors (Lipinski definition) is 3. The van der Waals surface area contributed by atoms with Gasteiger partial charge in [0.1, 0.15) is 0 Å². The van der Waals surface area contributed by atoms with Gasteiger partial charge in [0.05, 0.1) is 6.54 Å². The first kappa shape index (κ1) is 23.6. The number of alkyl halides is 3. The van der Waals surface area contributed by atoms with E-state index in [0.29, 0.717) is 4.90 Å². The van der Waals surface area contributed by atoms with Gasteiger partial charge < -0.3 is 5.32 Å². The average Bonchev–Trinajstić information content (AvgIpc) is 2.94. The van der Waals surface area contributed by atoms with Crippen molar-refractivity contribution < 1.29 is 27.6 Å². The Morgan fingerprint density at radius 2 is 1.66 bits per heavy atom. The van der Waals surface area contributed by atoms with Crippen LogP contribution in [0.4, 0.5) is 18.0 Å². The standard InChI is InChI=1S/C22H21ClF3N3O3/c1-20(2,3)15-10-8-13(9-11-15)17(30)27-21(22(24,25)26)18(31)29(19(32)28-21)12-14-6-4-5-7-16(14)23/h4-11H,12H2,1-3H3,(H,27,30)(H,28,32). The minimum atomic E-state index is -5.30. The van der Waals surface area contributed by atoms with Crippen molar-refractivity contribution in [3.8, 4) is 0 Å². The van der Waals surface area contributed by atoms with Crippen molar-refractivity contribution in [2.45, 2.75) is 44.6 Å². The highest BCUT2D eigenvalue weighted by molar-refractivity contribution is 6.31. The van der Waals surface area contributed by atoms with Crippen molar-refractivity contribution in [3.63, 3.8) is 0 Å². The summed E-state index contributed by atoms with van der Waals surface area (Å²) in [5, 5.41) is 3.50. The maximum atomic E-state index is 14.0. The summed E-state index contributed by atoms with van der Waals surface area (Å²) in [6.45, 7) is 5.35. The zero-order chi connectivity index (χ0) is 23.9. The fraction of sp³-hybridized carbons (Fsp3) is 0.318. The summed E-state index contributed by atoms with van der Waals surface area (Å²) < 4.78 is 42.1. The molecule has 3 rings (SSSR count). The molecule has 2 N–H and O–H groups in total. The lowest BCUT2D eigenvalue weighted by Gasteiger charge is -2.30. The molecule has 0 saturated carbocycles. The van der Waals surface area contributed by atoms with Gasteiger partial charge in [-0.25, -0.2) is 4.79 Å². The van der Waals surface area contributed by atoms with E-state index in [4.69, 9.17) is 11.6 Å². The van der Waals surface area contributed by atoms with Gasteiger partial charge in [-0.3, -0.25) is 19.8 Å². The van der Waals surface area contributed by atoms with Crippen LogP contribution in [0.3, 0.4) is 0 Å². The predicted octanol–water partition coefficient (Wildman–Crippen LogP) is 4.38. The Morgan fingerprint density at radius 1 is 1.06 bits per heavy atom. The van der Waals surface area contributed by atoms with E-state index in [1.165, 1.54) is 24.3 Å². The molecule has 1 fully saturated rings. The van der Waals surface area contributed by atoms with Crippen LogP contribution in [0.2, 0.25) is 5.02 Å². The molecule has 0 radical (unpaired) electrons. The molecule has 0 aromatic heterocycles. The Bertz CT molecular complexity index is 1060. The maximum Gasteiger partial charge on any atom is 0.440 e. The van der Waals surface area contributed by atoms with Crippen LogP contribution in [0.15, 0.2) is 48.5 Å². The molecule has 1 atom stereocenters. The lowest BCUT2D eigenvalue weighted by atomic mass is 9.86.